The van der Waals surface area contributed by atoms with E-state index in [2.05, 4.69) is 40.6 Å². The van der Waals surface area contributed by atoms with Gasteiger partial charge in [-0.15, -0.1) is 0 Å². The highest BCUT2D eigenvalue weighted by atomic mass is 16.5. The Morgan fingerprint density at radius 3 is 2.32 bits per heavy atom. The fourth-order valence-electron chi connectivity index (χ4n) is 3.85. The minimum Gasteiger partial charge on any atom is -0.497 e. The van der Waals surface area contributed by atoms with Crippen LogP contribution in [0.4, 0.5) is 0 Å². The molecule has 1 aromatic heterocycles. The lowest BCUT2D eigenvalue weighted by atomic mass is 9.84. The molecule has 0 radical (unpaired) electrons. The van der Waals surface area contributed by atoms with E-state index in [1.54, 1.807) is 27.5 Å². The Hall–Kier alpha value is -3.05. The number of aromatic nitrogens is 1. The molecule has 0 saturated carbocycles. The summed E-state index contributed by atoms with van der Waals surface area (Å²) in [5, 5.41) is 3.79. The van der Waals surface area contributed by atoms with Crippen molar-refractivity contribution in [3.05, 3.63) is 83.0 Å². The van der Waals surface area contributed by atoms with Crippen LogP contribution in [-0.2, 0) is 6.42 Å². The van der Waals surface area contributed by atoms with Crippen LogP contribution in [0, 0.1) is 0 Å². The molecule has 2 atom stereocenters. The summed E-state index contributed by atoms with van der Waals surface area (Å²) in [7, 11) is 5.04. The number of hydrogen-bond donors (Lipinski definition) is 1. The van der Waals surface area contributed by atoms with Crippen molar-refractivity contribution in [2.24, 2.45) is 0 Å². The van der Waals surface area contributed by atoms with E-state index in [0.29, 0.717) is 5.88 Å². The Morgan fingerprint density at radius 1 is 0.857 bits per heavy atom. The molecule has 1 aliphatic heterocycles. The van der Waals surface area contributed by atoms with Crippen molar-refractivity contribution >= 4 is 0 Å². The van der Waals surface area contributed by atoms with Gasteiger partial charge >= 0.3 is 0 Å². The molecule has 5 heteroatoms. The van der Waals surface area contributed by atoms with Crippen molar-refractivity contribution in [1.29, 1.82) is 0 Å². The topological polar surface area (TPSA) is 52.6 Å². The summed E-state index contributed by atoms with van der Waals surface area (Å²) in [4.78, 5) is 4.38. The van der Waals surface area contributed by atoms with Crippen LogP contribution in [0.2, 0.25) is 0 Å². The number of fused-ring (bicyclic) bond motifs is 1. The largest absolute Gasteiger partial charge is 0.497 e. The summed E-state index contributed by atoms with van der Waals surface area (Å²) in [6, 6.07) is 18.6. The summed E-state index contributed by atoms with van der Waals surface area (Å²) >= 11 is 0. The van der Waals surface area contributed by atoms with Crippen LogP contribution < -0.4 is 19.5 Å². The molecule has 4 rings (SSSR count). The first-order valence-electron chi connectivity index (χ1n) is 9.29. The number of hydrogen-bond acceptors (Lipinski definition) is 5. The molecule has 3 aromatic rings. The van der Waals surface area contributed by atoms with E-state index in [1.807, 2.05) is 24.3 Å². The molecule has 0 unspecified atom stereocenters. The second-order valence-electron chi connectivity index (χ2n) is 6.80. The third kappa shape index (κ3) is 3.41. The van der Waals surface area contributed by atoms with E-state index < -0.39 is 0 Å². The zero-order valence-corrected chi connectivity index (χ0v) is 16.3. The first-order valence-corrected chi connectivity index (χ1v) is 9.29. The standard InChI is InChI=1S/C23H24N2O3/c1-26-17-8-6-15(7-9-17)22-19-11-10-18(27-2)13-16(19)14-21(25-22)20-5-4-12-24-23(20)28-3/h4-13,21-22,25H,14H2,1-3H3/t21-,22-/m0/s1. The zero-order valence-electron chi connectivity index (χ0n) is 16.3. The van der Waals surface area contributed by atoms with Crippen molar-refractivity contribution in [2.45, 2.75) is 18.5 Å². The molecule has 2 heterocycles. The molecule has 1 aliphatic rings. The van der Waals surface area contributed by atoms with Crippen molar-refractivity contribution in [2.75, 3.05) is 21.3 Å². The first-order chi connectivity index (χ1) is 13.7. The molecular weight excluding hydrogens is 352 g/mol. The molecular formula is C23H24N2O3. The normalized spacial score (nSPS) is 18.2. The fraction of sp³-hybridized carbons (Fsp3) is 0.261. The SMILES string of the molecule is COc1ccc([C@@H]2N[C@H](c3cccnc3OC)Cc3cc(OC)ccc32)cc1. The monoisotopic (exact) mass is 376 g/mol. The number of nitrogens with one attached hydrogen (secondary N) is 1. The minimum absolute atomic E-state index is 0.0514. The molecule has 0 saturated heterocycles. The summed E-state index contributed by atoms with van der Waals surface area (Å²) in [6.45, 7) is 0. The fourth-order valence-corrected chi connectivity index (χ4v) is 3.85. The molecule has 1 N–H and O–H groups in total. The maximum absolute atomic E-state index is 5.51. The maximum atomic E-state index is 5.51. The maximum Gasteiger partial charge on any atom is 0.217 e. The van der Waals surface area contributed by atoms with E-state index in [1.165, 1.54) is 16.7 Å². The van der Waals surface area contributed by atoms with Gasteiger partial charge in [0.15, 0.2) is 0 Å². The predicted octanol–water partition coefficient (Wildman–Crippen LogP) is 4.08. The van der Waals surface area contributed by atoms with Crippen molar-refractivity contribution in [3.63, 3.8) is 0 Å². The highest BCUT2D eigenvalue weighted by Gasteiger charge is 2.30. The van der Waals surface area contributed by atoms with Crippen LogP contribution in [-0.4, -0.2) is 26.3 Å². The smallest absolute Gasteiger partial charge is 0.217 e. The van der Waals surface area contributed by atoms with Crippen LogP contribution in [0.5, 0.6) is 17.4 Å². The Kier molecular flexibility index (Phi) is 5.17. The third-order valence-corrected chi connectivity index (χ3v) is 5.27. The van der Waals surface area contributed by atoms with Crippen molar-refractivity contribution < 1.29 is 14.2 Å². The lowest BCUT2D eigenvalue weighted by molar-refractivity contribution is 0.371. The molecule has 0 spiro atoms. The van der Waals surface area contributed by atoms with E-state index in [-0.39, 0.29) is 12.1 Å². The van der Waals surface area contributed by atoms with Crippen molar-refractivity contribution in [1.82, 2.24) is 10.3 Å². The van der Waals surface area contributed by atoms with Gasteiger partial charge in [-0.2, -0.15) is 0 Å². The summed E-state index contributed by atoms with van der Waals surface area (Å²) in [5.41, 5.74) is 4.75. The number of methoxy groups -OCH3 is 3. The third-order valence-electron chi connectivity index (χ3n) is 5.27. The summed E-state index contributed by atoms with van der Waals surface area (Å²) < 4.78 is 16.3. The number of rotatable bonds is 5. The first kappa shape index (κ1) is 18.3. The molecule has 0 amide bonds. The van der Waals surface area contributed by atoms with Gasteiger partial charge in [-0.1, -0.05) is 24.3 Å². The Labute approximate surface area is 165 Å². The van der Waals surface area contributed by atoms with Gasteiger partial charge in [-0.25, -0.2) is 4.98 Å². The van der Waals surface area contributed by atoms with Crippen LogP contribution in [0.15, 0.2) is 60.8 Å². The lowest BCUT2D eigenvalue weighted by Crippen LogP contribution is -2.34. The van der Waals surface area contributed by atoms with Crippen LogP contribution in [0.1, 0.15) is 34.3 Å². The van der Waals surface area contributed by atoms with E-state index >= 15 is 0 Å². The highest BCUT2D eigenvalue weighted by molar-refractivity contribution is 5.46. The second-order valence-corrected chi connectivity index (χ2v) is 6.80. The average molecular weight is 376 g/mol. The molecule has 28 heavy (non-hydrogen) atoms. The summed E-state index contributed by atoms with van der Waals surface area (Å²) in [5.74, 6) is 2.37. The molecule has 5 nitrogen and oxygen atoms in total. The van der Waals surface area contributed by atoms with Crippen LogP contribution >= 0.6 is 0 Å². The van der Waals surface area contributed by atoms with E-state index in [4.69, 9.17) is 14.2 Å². The molecule has 0 fully saturated rings. The van der Waals surface area contributed by atoms with Crippen LogP contribution in [0.3, 0.4) is 0 Å². The van der Waals surface area contributed by atoms with Gasteiger partial charge in [0.1, 0.15) is 11.5 Å². The highest BCUT2D eigenvalue weighted by Crippen LogP contribution is 2.39. The van der Waals surface area contributed by atoms with Gasteiger partial charge < -0.3 is 14.2 Å². The second kappa shape index (κ2) is 7.90. The van der Waals surface area contributed by atoms with E-state index in [9.17, 15) is 0 Å². The summed E-state index contributed by atoms with van der Waals surface area (Å²) in [6.07, 6.45) is 2.59. The Morgan fingerprint density at radius 2 is 1.61 bits per heavy atom. The van der Waals surface area contributed by atoms with Crippen LogP contribution in [0.25, 0.3) is 0 Å². The van der Waals surface area contributed by atoms with Gasteiger partial charge in [0.25, 0.3) is 0 Å². The number of pyridine rings is 1. The lowest BCUT2D eigenvalue weighted by Gasteiger charge is -2.34. The quantitative estimate of drug-likeness (QED) is 0.727. The van der Waals surface area contributed by atoms with Gasteiger partial charge in [0, 0.05) is 17.8 Å². The van der Waals surface area contributed by atoms with Gasteiger partial charge in [-0.3, -0.25) is 5.32 Å². The minimum atomic E-state index is 0.0514. The zero-order chi connectivity index (χ0) is 19.5. The van der Waals surface area contributed by atoms with Gasteiger partial charge in [0.05, 0.1) is 27.4 Å². The number of nitrogens with zero attached hydrogens (tertiary/aromatic N) is 1. The Balaban J connectivity index is 1.78. The number of ether oxygens (including phenoxy) is 3. The Bertz CT molecular complexity index is 956. The number of benzene rings is 2. The molecule has 0 aliphatic carbocycles. The molecule has 144 valence electrons. The predicted molar refractivity (Wildman–Crippen MR) is 108 cm³/mol. The van der Waals surface area contributed by atoms with Gasteiger partial charge in [0.2, 0.25) is 5.88 Å². The van der Waals surface area contributed by atoms with E-state index in [0.717, 1.165) is 23.5 Å². The molecule has 2 aromatic carbocycles. The molecule has 0 bridgehead atoms. The van der Waals surface area contributed by atoms with Crippen molar-refractivity contribution in [3.8, 4) is 17.4 Å². The van der Waals surface area contributed by atoms with Gasteiger partial charge in [-0.05, 0) is 53.4 Å². The average Bonchev–Trinajstić information content (AvgIpc) is 2.77.